The van der Waals surface area contributed by atoms with E-state index in [1.807, 2.05) is 56.3 Å². The van der Waals surface area contributed by atoms with Crippen molar-refractivity contribution in [2.75, 3.05) is 11.4 Å². The number of para-hydroxylation sites is 1. The normalized spacial score (nSPS) is 12.3. The molecule has 2 aromatic heterocycles. The van der Waals surface area contributed by atoms with Crippen LogP contribution in [0, 0.1) is 6.92 Å². The Labute approximate surface area is 147 Å². The summed E-state index contributed by atoms with van der Waals surface area (Å²) in [7, 11) is 0. The van der Waals surface area contributed by atoms with Gasteiger partial charge in [0.1, 0.15) is 5.65 Å². The second kappa shape index (κ2) is 7.49. The van der Waals surface area contributed by atoms with E-state index >= 15 is 0 Å². The van der Waals surface area contributed by atoms with Crippen molar-refractivity contribution in [1.29, 1.82) is 0 Å². The first kappa shape index (κ1) is 17.2. The highest BCUT2D eigenvalue weighted by atomic mass is 16.3. The quantitative estimate of drug-likeness (QED) is 0.751. The van der Waals surface area contributed by atoms with Crippen molar-refractivity contribution in [3.05, 3.63) is 76.3 Å². The highest BCUT2D eigenvalue weighted by molar-refractivity contribution is 5.49. The molecule has 5 nitrogen and oxygen atoms in total. The summed E-state index contributed by atoms with van der Waals surface area (Å²) < 4.78 is 1.56. The minimum Gasteiger partial charge on any atom is -0.391 e. The van der Waals surface area contributed by atoms with Crippen LogP contribution in [0.4, 0.5) is 5.69 Å². The molecule has 25 heavy (non-hydrogen) atoms. The molecule has 0 amide bonds. The maximum atomic E-state index is 12.4. The van der Waals surface area contributed by atoms with Crippen LogP contribution in [0.3, 0.4) is 0 Å². The minimum atomic E-state index is -0.427. The number of aromatic nitrogens is 2. The van der Waals surface area contributed by atoms with Crippen LogP contribution < -0.4 is 10.5 Å². The van der Waals surface area contributed by atoms with Gasteiger partial charge in [0.05, 0.1) is 18.3 Å². The first-order chi connectivity index (χ1) is 12.1. The van der Waals surface area contributed by atoms with E-state index in [4.69, 9.17) is 0 Å². The molecule has 0 aliphatic carbocycles. The van der Waals surface area contributed by atoms with Crippen molar-refractivity contribution < 1.29 is 5.11 Å². The van der Waals surface area contributed by atoms with E-state index in [0.29, 0.717) is 30.9 Å². The number of fused-ring (bicyclic) bond motifs is 1. The lowest BCUT2D eigenvalue weighted by Gasteiger charge is -2.26. The van der Waals surface area contributed by atoms with Crippen LogP contribution in [-0.4, -0.2) is 27.1 Å². The Morgan fingerprint density at radius 3 is 2.68 bits per heavy atom. The Balaban J connectivity index is 1.98. The molecule has 0 unspecified atom stereocenters. The number of hydrogen-bond donors (Lipinski definition) is 1. The Bertz CT molecular complexity index is 906. The fourth-order valence-electron chi connectivity index (χ4n) is 2.87. The summed E-state index contributed by atoms with van der Waals surface area (Å²) in [6.45, 7) is 4.87. The Kier molecular flexibility index (Phi) is 5.14. The topological polar surface area (TPSA) is 57.8 Å². The van der Waals surface area contributed by atoms with Crippen LogP contribution in [0.1, 0.15) is 24.6 Å². The molecule has 1 N–H and O–H groups in total. The lowest BCUT2D eigenvalue weighted by molar-refractivity contribution is 0.175. The largest absolute Gasteiger partial charge is 0.391 e. The van der Waals surface area contributed by atoms with Gasteiger partial charge in [0.15, 0.2) is 0 Å². The lowest BCUT2D eigenvalue weighted by Crippen LogP contribution is -2.32. The number of aliphatic hydroxyl groups excluding tert-OH is 1. The molecule has 5 heteroatoms. The maximum absolute atomic E-state index is 12.4. The highest BCUT2D eigenvalue weighted by Gasteiger charge is 2.14. The van der Waals surface area contributed by atoms with Crippen molar-refractivity contribution in [3.63, 3.8) is 0 Å². The third-order valence-electron chi connectivity index (χ3n) is 4.32. The van der Waals surface area contributed by atoms with E-state index in [-0.39, 0.29) is 5.56 Å². The van der Waals surface area contributed by atoms with Crippen LogP contribution in [0.25, 0.3) is 5.65 Å². The predicted octanol–water partition coefficient (Wildman–Crippen LogP) is 2.78. The van der Waals surface area contributed by atoms with Gasteiger partial charge in [-0.1, -0.05) is 31.2 Å². The Morgan fingerprint density at radius 1 is 1.20 bits per heavy atom. The van der Waals surface area contributed by atoms with Crippen molar-refractivity contribution in [1.82, 2.24) is 9.38 Å². The van der Waals surface area contributed by atoms with Gasteiger partial charge in [-0.05, 0) is 37.1 Å². The van der Waals surface area contributed by atoms with E-state index in [9.17, 15) is 9.90 Å². The number of hydrogen-bond acceptors (Lipinski definition) is 4. The number of rotatable bonds is 6. The first-order valence-corrected chi connectivity index (χ1v) is 8.54. The molecule has 1 aromatic carbocycles. The van der Waals surface area contributed by atoms with E-state index in [2.05, 4.69) is 9.88 Å². The summed E-state index contributed by atoms with van der Waals surface area (Å²) in [4.78, 5) is 19.1. The van der Waals surface area contributed by atoms with Crippen molar-refractivity contribution >= 4 is 11.3 Å². The average Bonchev–Trinajstić information content (AvgIpc) is 2.63. The molecule has 0 bridgehead atoms. The summed E-state index contributed by atoms with van der Waals surface area (Å²) in [6.07, 6.45) is 1.98. The minimum absolute atomic E-state index is 0.0900. The van der Waals surface area contributed by atoms with E-state index in [1.54, 1.807) is 16.7 Å². The summed E-state index contributed by atoms with van der Waals surface area (Å²) in [5, 5.41) is 10.1. The number of benzene rings is 1. The van der Waals surface area contributed by atoms with Crippen molar-refractivity contribution in [3.8, 4) is 0 Å². The van der Waals surface area contributed by atoms with Crippen molar-refractivity contribution in [2.45, 2.75) is 32.9 Å². The zero-order chi connectivity index (χ0) is 17.8. The highest BCUT2D eigenvalue weighted by Crippen LogP contribution is 2.17. The van der Waals surface area contributed by atoms with E-state index < -0.39 is 6.10 Å². The summed E-state index contributed by atoms with van der Waals surface area (Å²) in [5.41, 5.74) is 3.25. The number of anilines is 1. The lowest BCUT2D eigenvalue weighted by atomic mass is 10.2. The maximum Gasteiger partial charge on any atom is 0.258 e. The van der Waals surface area contributed by atoms with Gasteiger partial charge >= 0.3 is 0 Å². The number of aliphatic hydroxyl groups is 1. The summed E-state index contributed by atoms with van der Waals surface area (Å²) >= 11 is 0. The van der Waals surface area contributed by atoms with Gasteiger partial charge in [-0.3, -0.25) is 9.20 Å². The number of nitrogens with zero attached hydrogens (tertiary/aromatic N) is 3. The van der Waals surface area contributed by atoms with Crippen LogP contribution in [-0.2, 0) is 6.54 Å². The fourth-order valence-corrected chi connectivity index (χ4v) is 2.87. The van der Waals surface area contributed by atoms with E-state index in [1.165, 1.54) is 0 Å². The molecule has 3 rings (SSSR count). The van der Waals surface area contributed by atoms with Crippen LogP contribution in [0.15, 0.2) is 59.5 Å². The van der Waals surface area contributed by atoms with Gasteiger partial charge in [0, 0.05) is 24.5 Å². The Hall–Kier alpha value is -2.66. The predicted molar refractivity (Wildman–Crippen MR) is 100.0 cm³/mol. The van der Waals surface area contributed by atoms with Gasteiger partial charge < -0.3 is 10.0 Å². The van der Waals surface area contributed by atoms with Crippen LogP contribution >= 0.6 is 0 Å². The Morgan fingerprint density at radius 2 is 1.96 bits per heavy atom. The van der Waals surface area contributed by atoms with Gasteiger partial charge in [-0.2, -0.15) is 0 Å². The number of pyridine rings is 1. The molecule has 130 valence electrons. The molecule has 0 aliphatic heterocycles. The molecule has 0 radical (unpaired) electrons. The zero-order valence-electron chi connectivity index (χ0n) is 14.6. The molecule has 0 fully saturated rings. The third kappa shape index (κ3) is 3.88. The molecule has 0 aliphatic rings. The third-order valence-corrected chi connectivity index (χ3v) is 4.32. The molecule has 1 atom stereocenters. The fraction of sp³-hybridized carbons (Fsp3) is 0.300. The molecule has 2 heterocycles. The molecule has 0 saturated heterocycles. The van der Waals surface area contributed by atoms with Crippen LogP contribution in [0.2, 0.25) is 0 Å². The number of aryl methyl sites for hydroxylation is 1. The smallest absolute Gasteiger partial charge is 0.258 e. The molecule has 0 spiro atoms. The van der Waals surface area contributed by atoms with Gasteiger partial charge in [-0.15, -0.1) is 0 Å². The van der Waals surface area contributed by atoms with Gasteiger partial charge in [0.2, 0.25) is 0 Å². The molecular formula is C20H23N3O2. The molecule has 3 aromatic rings. The standard InChI is InChI=1S/C20H23N3O2/c1-3-18(24)14-22(17-9-5-4-6-10-17)13-16-12-19(25)23-11-7-8-15(2)20(23)21-16/h4-12,18,24H,3,13-14H2,1-2H3/t18-/m1/s1. The monoisotopic (exact) mass is 337 g/mol. The molecule has 0 saturated carbocycles. The second-order valence-electron chi connectivity index (χ2n) is 6.25. The molecular weight excluding hydrogens is 314 g/mol. The SMILES string of the molecule is CC[C@@H](O)CN(Cc1cc(=O)n2cccc(C)c2n1)c1ccccc1. The first-order valence-electron chi connectivity index (χ1n) is 8.54. The average molecular weight is 337 g/mol. The summed E-state index contributed by atoms with van der Waals surface area (Å²) in [6, 6.07) is 15.3. The zero-order valence-corrected chi connectivity index (χ0v) is 14.6. The van der Waals surface area contributed by atoms with Crippen molar-refractivity contribution in [2.24, 2.45) is 0 Å². The van der Waals surface area contributed by atoms with Crippen LogP contribution in [0.5, 0.6) is 0 Å². The summed E-state index contributed by atoms with van der Waals surface area (Å²) in [5.74, 6) is 0. The second-order valence-corrected chi connectivity index (χ2v) is 6.25. The van der Waals surface area contributed by atoms with Gasteiger partial charge in [-0.25, -0.2) is 4.98 Å². The van der Waals surface area contributed by atoms with Gasteiger partial charge in [0.25, 0.3) is 5.56 Å². The van der Waals surface area contributed by atoms with E-state index in [0.717, 1.165) is 11.3 Å².